The standard InChI is InChI=1S/C37H47N5O5/c1-5-45-32-21-27(22-33(46-6-2)36(32)47-7-3)23-39-37(44)35(26(4)30-24-38-31-16-12-11-15-29(30)31)40-34(43)25-41-17-19-42(20-18-41)28-13-9-8-10-14-28/h8-16,21-22,24,26,35,38H,5-7,17-20,23,25H2,1-4H3,(H,39,44)(H,40,43). The first kappa shape index (κ1) is 33.7. The van der Waals surface area contributed by atoms with Gasteiger partial charge in [-0.3, -0.25) is 14.5 Å². The van der Waals surface area contributed by atoms with Gasteiger partial charge in [0.25, 0.3) is 0 Å². The number of H-pyrrole nitrogens is 1. The molecule has 1 aromatic heterocycles. The van der Waals surface area contributed by atoms with Crippen molar-refractivity contribution in [3.63, 3.8) is 0 Å². The number of nitrogens with one attached hydrogen (secondary N) is 3. The minimum Gasteiger partial charge on any atom is -0.490 e. The van der Waals surface area contributed by atoms with Crippen molar-refractivity contribution in [2.75, 3.05) is 57.4 Å². The van der Waals surface area contributed by atoms with E-state index in [0.717, 1.165) is 48.2 Å². The lowest BCUT2D eigenvalue weighted by Gasteiger charge is -2.36. The van der Waals surface area contributed by atoms with Crippen molar-refractivity contribution in [2.24, 2.45) is 0 Å². The molecule has 1 aliphatic heterocycles. The Labute approximate surface area is 277 Å². The summed E-state index contributed by atoms with van der Waals surface area (Å²) in [6, 6.07) is 21.2. The van der Waals surface area contributed by atoms with E-state index in [1.807, 2.05) is 88.5 Å². The zero-order valence-electron chi connectivity index (χ0n) is 27.9. The molecule has 10 nitrogen and oxygen atoms in total. The zero-order valence-corrected chi connectivity index (χ0v) is 27.9. The highest BCUT2D eigenvalue weighted by Gasteiger charge is 2.31. The van der Waals surface area contributed by atoms with Crippen LogP contribution in [0, 0.1) is 0 Å². The van der Waals surface area contributed by atoms with Crippen LogP contribution in [0.1, 0.15) is 44.7 Å². The number of aromatic nitrogens is 1. The molecule has 5 rings (SSSR count). The molecule has 250 valence electrons. The lowest BCUT2D eigenvalue weighted by Crippen LogP contribution is -2.54. The Balaban J connectivity index is 1.31. The van der Waals surface area contributed by atoms with E-state index in [-0.39, 0.29) is 30.8 Å². The SMILES string of the molecule is CCOc1cc(CNC(=O)C(NC(=O)CN2CCN(c3ccccc3)CC2)C(C)c2c[nH]c3ccccc23)cc(OCC)c1OCC. The van der Waals surface area contributed by atoms with Crippen LogP contribution in [-0.2, 0) is 16.1 Å². The first-order valence-corrected chi connectivity index (χ1v) is 16.6. The van der Waals surface area contributed by atoms with E-state index in [9.17, 15) is 9.59 Å². The maximum absolute atomic E-state index is 14.0. The zero-order chi connectivity index (χ0) is 33.2. The molecule has 2 amide bonds. The average Bonchev–Trinajstić information content (AvgIpc) is 3.52. The second-order valence-electron chi connectivity index (χ2n) is 11.7. The largest absolute Gasteiger partial charge is 0.490 e. The lowest BCUT2D eigenvalue weighted by atomic mass is 9.92. The fraction of sp³-hybridized carbons (Fsp3) is 0.405. The molecule has 0 radical (unpaired) electrons. The van der Waals surface area contributed by atoms with E-state index in [0.29, 0.717) is 37.1 Å². The smallest absolute Gasteiger partial charge is 0.243 e. The van der Waals surface area contributed by atoms with Gasteiger partial charge in [0.1, 0.15) is 6.04 Å². The molecule has 0 bridgehead atoms. The van der Waals surface area contributed by atoms with Crippen LogP contribution >= 0.6 is 0 Å². The van der Waals surface area contributed by atoms with Gasteiger partial charge in [0, 0.05) is 61.4 Å². The molecule has 2 unspecified atom stereocenters. The molecule has 4 aromatic rings. The van der Waals surface area contributed by atoms with Crippen molar-refractivity contribution in [3.05, 3.63) is 84.1 Å². The van der Waals surface area contributed by atoms with Gasteiger partial charge >= 0.3 is 0 Å². The summed E-state index contributed by atoms with van der Waals surface area (Å²) in [7, 11) is 0. The number of amides is 2. The number of fused-ring (bicyclic) bond motifs is 1. The van der Waals surface area contributed by atoms with E-state index in [2.05, 4.69) is 37.6 Å². The van der Waals surface area contributed by atoms with Crippen molar-refractivity contribution in [1.29, 1.82) is 0 Å². The summed E-state index contributed by atoms with van der Waals surface area (Å²) in [6.07, 6.45) is 1.93. The summed E-state index contributed by atoms with van der Waals surface area (Å²) < 4.78 is 17.6. The summed E-state index contributed by atoms with van der Waals surface area (Å²) >= 11 is 0. The normalized spacial score (nSPS) is 14.8. The number of hydrogen-bond acceptors (Lipinski definition) is 7. The number of rotatable bonds is 15. The van der Waals surface area contributed by atoms with Gasteiger partial charge < -0.3 is 34.7 Å². The average molecular weight is 642 g/mol. The monoisotopic (exact) mass is 641 g/mol. The highest BCUT2D eigenvalue weighted by molar-refractivity contribution is 5.91. The van der Waals surface area contributed by atoms with E-state index < -0.39 is 6.04 Å². The molecule has 47 heavy (non-hydrogen) atoms. The molecule has 0 saturated carbocycles. The Hall–Kier alpha value is -4.70. The van der Waals surface area contributed by atoms with E-state index in [4.69, 9.17) is 14.2 Å². The second-order valence-corrected chi connectivity index (χ2v) is 11.7. The van der Waals surface area contributed by atoms with Gasteiger partial charge in [-0.25, -0.2) is 0 Å². The van der Waals surface area contributed by atoms with E-state index in [1.54, 1.807) is 0 Å². The fourth-order valence-electron chi connectivity index (χ4n) is 6.14. The van der Waals surface area contributed by atoms with Crippen molar-refractivity contribution >= 4 is 28.4 Å². The molecule has 10 heteroatoms. The highest BCUT2D eigenvalue weighted by atomic mass is 16.5. The number of para-hydroxylation sites is 2. The van der Waals surface area contributed by atoms with E-state index >= 15 is 0 Å². The Morgan fingerprint density at radius 1 is 0.851 bits per heavy atom. The van der Waals surface area contributed by atoms with Gasteiger partial charge in [0.05, 0.1) is 26.4 Å². The minimum absolute atomic E-state index is 0.177. The van der Waals surface area contributed by atoms with Gasteiger partial charge in [0.15, 0.2) is 11.5 Å². The third-order valence-corrected chi connectivity index (χ3v) is 8.51. The first-order valence-electron chi connectivity index (χ1n) is 16.6. The van der Waals surface area contributed by atoms with Gasteiger partial charge in [-0.2, -0.15) is 0 Å². The molecule has 2 atom stereocenters. The molecule has 0 aliphatic carbocycles. The van der Waals surface area contributed by atoms with E-state index in [1.165, 1.54) is 5.69 Å². The van der Waals surface area contributed by atoms with Crippen LogP contribution in [0.5, 0.6) is 17.2 Å². The topological polar surface area (TPSA) is 108 Å². The van der Waals surface area contributed by atoms with Crippen molar-refractivity contribution in [3.8, 4) is 17.2 Å². The maximum atomic E-state index is 14.0. The number of ether oxygens (including phenoxy) is 3. The molecule has 1 fully saturated rings. The number of piperazine rings is 1. The van der Waals surface area contributed by atoms with Crippen LogP contribution in [0.4, 0.5) is 5.69 Å². The van der Waals surface area contributed by atoms with Crippen molar-refractivity contribution < 1.29 is 23.8 Å². The third kappa shape index (κ3) is 8.37. The molecule has 3 N–H and O–H groups in total. The Bertz CT molecular complexity index is 1590. The molecule has 1 aliphatic rings. The molecular weight excluding hydrogens is 594 g/mol. The summed E-state index contributed by atoms with van der Waals surface area (Å²) in [6.45, 7) is 12.7. The number of benzene rings is 3. The predicted octanol–water partition coefficient (Wildman–Crippen LogP) is 5.09. The quantitative estimate of drug-likeness (QED) is 0.166. The minimum atomic E-state index is -0.798. The Kier molecular flexibility index (Phi) is 11.6. The van der Waals surface area contributed by atoms with Crippen LogP contribution in [0.2, 0.25) is 0 Å². The van der Waals surface area contributed by atoms with Gasteiger partial charge in [-0.05, 0) is 62.2 Å². The number of aromatic amines is 1. The number of carbonyl (C=O) groups excluding carboxylic acids is 2. The molecule has 3 aromatic carbocycles. The first-order chi connectivity index (χ1) is 22.9. The van der Waals surface area contributed by atoms with Crippen molar-refractivity contribution in [1.82, 2.24) is 20.5 Å². The van der Waals surface area contributed by atoms with Gasteiger partial charge in [-0.15, -0.1) is 0 Å². The van der Waals surface area contributed by atoms with Crippen LogP contribution in [0.3, 0.4) is 0 Å². The Morgan fingerprint density at radius 3 is 2.15 bits per heavy atom. The lowest BCUT2D eigenvalue weighted by molar-refractivity contribution is -0.130. The van der Waals surface area contributed by atoms with Crippen LogP contribution in [0.25, 0.3) is 10.9 Å². The second kappa shape index (κ2) is 16.2. The molecule has 1 saturated heterocycles. The summed E-state index contributed by atoms with van der Waals surface area (Å²) in [5.41, 5.74) is 3.94. The molecular formula is C37H47N5O5. The number of hydrogen-bond donors (Lipinski definition) is 3. The van der Waals surface area contributed by atoms with Crippen LogP contribution < -0.4 is 29.7 Å². The molecule has 2 heterocycles. The number of carbonyl (C=O) groups is 2. The molecule has 0 spiro atoms. The highest BCUT2D eigenvalue weighted by Crippen LogP contribution is 2.39. The third-order valence-electron chi connectivity index (χ3n) is 8.51. The van der Waals surface area contributed by atoms with Crippen molar-refractivity contribution in [2.45, 2.75) is 46.2 Å². The van der Waals surface area contributed by atoms with Gasteiger partial charge in [0.2, 0.25) is 17.6 Å². The number of nitrogens with zero attached hydrogens (tertiary/aromatic N) is 2. The maximum Gasteiger partial charge on any atom is 0.243 e. The number of anilines is 1. The fourth-order valence-corrected chi connectivity index (χ4v) is 6.14. The van der Waals surface area contributed by atoms with Crippen LogP contribution in [0.15, 0.2) is 72.9 Å². The van der Waals surface area contributed by atoms with Crippen LogP contribution in [-0.4, -0.2) is 80.3 Å². The summed E-state index contributed by atoms with van der Waals surface area (Å²) in [5, 5.41) is 7.20. The summed E-state index contributed by atoms with van der Waals surface area (Å²) in [5.74, 6) is 0.929. The Morgan fingerprint density at radius 2 is 1.49 bits per heavy atom. The summed E-state index contributed by atoms with van der Waals surface area (Å²) in [4.78, 5) is 35.3. The van der Waals surface area contributed by atoms with Gasteiger partial charge in [-0.1, -0.05) is 43.3 Å². The predicted molar refractivity (Wildman–Crippen MR) is 186 cm³/mol.